The van der Waals surface area contributed by atoms with Crippen LogP contribution in [0.3, 0.4) is 0 Å². The van der Waals surface area contributed by atoms with E-state index >= 15 is 0 Å². The average molecular weight is 475 g/mol. The molecular formula is C15H11F10NO5. The smallest absolute Gasteiger partial charge is 0.460 e. The maximum absolute atomic E-state index is 13.4. The van der Waals surface area contributed by atoms with Crippen LogP contribution >= 0.6 is 0 Å². The van der Waals surface area contributed by atoms with Gasteiger partial charge in [0.2, 0.25) is 0 Å². The molecule has 0 heterocycles. The summed E-state index contributed by atoms with van der Waals surface area (Å²) in [4.78, 5) is 22.9. The molecule has 0 aromatic heterocycles. The van der Waals surface area contributed by atoms with Crippen molar-refractivity contribution >= 4 is 17.6 Å². The van der Waals surface area contributed by atoms with Gasteiger partial charge in [-0.1, -0.05) is 6.07 Å². The van der Waals surface area contributed by atoms with Crippen LogP contribution in [0.15, 0.2) is 18.2 Å². The van der Waals surface area contributed by atoms with Crippen LogP contribution in [-0.2, 0) is 19.9 Å². The molecule has 0 radical (unpaired) electrons. The van der Waals surface area contributed by atoms with Gasteiger partial charge in [0, 0.05) is 5.56 Å². The van der Waals surface area contributed by atoms with E-state index in [4.69, 9.17) is 0 Å². The van der Waals surface area contributed by atoms with E-state index in [-0.39, 0.29) is 18.2 Å². The third-order valence-corrected chi connectivity index (χ3v) is 3.79. The highest BCUT2D eigenvalue weighted by Gasteiger charge is 2.76. The fraction of sp³-hybridized carbons (Fsp3) is 0.467. The lowest BCUT2D eigenvalue weighted by Crippen LogP contribution is -2.57. The Labute approximate surface area is 165 Å². The van der Waals surface area contributed by atoms with Gasteiger partial charge in [0.05, 0.1) is 19.9 Å². The van der Waals surface area contributed by atoms with Gasteiger partial charge in [-0.3, -0.25) is 4.79 Å². The van der Waals surface area contributed by atoms with Gasteiger partial charge in [-0.15, -0.1) is 0 Å². The molecule has 0 aliphatic heterocycles. The molecule has 0 saturated carbocycles. The van der Waals surface area contributed by atoms with Crippen LogP contribution in [0.4, 0.5) is 49.6 Å². The molecule has 0 unspecified atom stereocenters. The first-order chi connectivity index (χ1) is 13.8. The van der Waals surface area contributed by atoms with Crippen molar-refractivity contribution in [2.45, 2.75) is 29.8 Å². The van der Waals surface area contributed by atoms with E-state index in [9.17, 15) is 58.6 Å². The summed E-state index contributed by atoms with van der Waals surface area (Å²) in [6.45, 7) is 0. The van der Waals surface area contributed by atoms with Crippen molar-refractivity contribution in [3.63, 3.8) is 0 Å². The Morgan fingerprint density at radius 1 is 0.903 bits per heavy atom. The summed E-state index contributed by atoms with van der Waals surface area (Å²) in [5.41, 5.74) is -6.69. The van der Waals surface area contributed by atoms with Gasteiger partial charge in [0.25, 0.3) is 5.60 Å². The van der Waals surface area contributed by atoms with Gasteiger partial charge in [-0.2, -0.15) is 43.9 Å². The second kappa shape index (κ2) is 8.05. The Morgan fingerprint density at radius 2 is 1.42 bits per heavy atom. The highest BCUT2D eigenvalue weighted by molar-refractivity contribution is 5.98. The topological polar surface area (TPSA) is 84.9 Å². The molecule has 1 aromatic rings. The number of methoxy groups -OCH3 is 2. The fourth-order valence-corrected chi connectivity index (χ4v) is 2.09. The Bertz CT molecular complexity index is 852. The average Bonchev–Trinajstić information content (AvgIpc) is 2.64. The Kier molecular flexibility index (Phi) is 6.82. The van der Waals surface area contributed by atoms with Crippen molar-refractivity contribution in [3.05, 3.63) is 23.8 Å². The van der Waals surface area contributed by atoms with E-state index in [0.717, 1.165) is 5.32 Å². The molecule has 0 fully saturated rings. The van der Waals surface area contributed by atoms with E-state index in [1.54, 1.807) is 0 Å². The number of ether oxygens (including phenoxy) is 2. The van der Waals surface area contributed by atoms with Crippen LogP contribution in [0, 0.1) is 0 Å². The monoisotopic (exact) mass is 475 g/mol. The van der Waals surface area contributed by atoms with Crippen molar-refractivity contribution in [1.29, 1.82) is 0 Å². The number of nitrogens with one attached hydrogen (secondary N) is 1. The van der Waals surface area contributed by atoms with Crippen molar-refractivity contribution in [2.24, 2.45) is 0 Å². The summed E-state index contributed by atoms with van der Waals surface area (Å²) >= 11 is 0. The Balaban J connectivity index is 3.44. The van der Waals surface area contributed by atoms with Crippen LogP contribution < -0.4 is 10.1 Å². The molecule has 1 atom stereocenters. The summed E-state index contributed by atoms with van der Waals surface area (Å²) in [6.07, 6.45) is -12.5. The number of hydrogen-bond acceptors (Lipinski definition) is 5. The molecule has 16 heteroatoms. The fourth-order valence-electron chi connectivity index (χ4n) is 2.09. The molecule has 0 bridgehead atoms. The maximum Gasteiger partial charge on any atom is 0.460 e. The summed E-state index contributed by atoms with van der Waals surface area (Å²) < 4.78 is 137. The first kappa shape index (κ1) is 26.3. The number of rotatable bonds is 6. The normalized spacial score (nSPS) is 15.1. The van der Waals surface area contributed by atoms with Crippen LogP contribution in [-0.4, -0.2) is 55.4 Å². The second-order valence-electron chi connectivity index (χ2n) is 5.72. The predicted octanol–water partition coefficient (Wildman–Crippen LogP) is 3.39. The van der Waals surface area contributed by atoms with Crippen LogP contribution in [0.5, 0.6) is 5.75 Å². The number of aliphatic hydroxyl groups is 1. The highest BCUT2D eigenvalue weighted by atomic mass is 19.4. The number of alkyl halides is 10. The minimum Gasteiger partial charge on any atom is -0.495 e. The second-order valence-corrected chi connectivity index (χ2v) is 5.72. The standard InChI is InChI=1S/C15H11F10NO5/c1-30-8-5-6(11(29,10(28)31-2)14(20,21)22)3-4-7(8)26-9(27)12(16,17)13(18,19)15(23,24)25/h3-5,29H,1-2H3,(H,26,27)/t11-/m0/s1. The van der Waals surface area contributed by atoms with Crippen LogP contribution in [0.2, 0.25) is 0 Å². The summed E-state index contributed by atoms with van der Waals surface area (Å²) in [5, 5.41) is 10.8. The van der Waals surface area contributed by atoms with E-state index < -0.39 is 58.7 Å². The van der Waals surface area contributed by atoms with Crippen molar-refractivity contribution in [2.75, 3.05) is 19.5 Å². The van der Waals surface area contributed by atoms with Gasteiger partial charge in [-0.05, 0) is 12.1 Å². The molecule has 1 aromatic carbocycles. The number of esters is 1. The van der Waals surface area contributed by atoms with Gasteiger partial charge in [0.15, 0.2) is 0 Å². The molecule has 2 N–H and O–H groups in total. The number of amides is 1. The third-order valence-electron chi connectivity index (χ3n) is 3.79. The largest absolute Gasteiger partial charge is 0.495 e. The van der Waals surface area contributed by atoms with E-state index in [0.29, 0.717) is 14.2 Å². The highest BCUT2D eigenvalue weighted by Crippen LogP contribution is 2.47. The lowest BCUT2D eigenvalue weighted by Gasteiger charge is -2.29. The lowest BCUT2D eigenvalue weighted by molar-refractivity contribution is -0.343. The molecule has 6 nitrogen and oxygen atoms in total. The molecule has 1 amide bonds. The number of hydrogen-bond donors (Lipinski definition) is 2. The molecule has 176 valence electrons. The van der Waals surface area contributed by atoms with E-state index in [2.05, 4.69) is 9.47 Å². The third kappa shape index (κ3) is 4.33. The minimum atomic E-state index is -6.81. The van der Waals surface area contributed by atoms with Crippen LogP contribution in [0.25, 0.3) is 0 Å². The Hall–Kier alpha value is -2.78. The number of anilines is 1. The lowest BCUT2D eigenvalue weighted by atomic mass is 9.92. The SMILES string of the molecule is COC(=O)[C@@](O)(c1ccc(NC(=O)C(F)(F)C(F)(F)C(F)(F)F)c(OC)c1)C(F)(F)F. The summed E-state index contributed by atoms with van der Waals surface area (Å²) in [6, 6.07) is 0.718. The zero-order valence-corrected chi connectivity index (χ0v) is 15.1. The first-order valence-electron chi connectivity index (χ1n) is 7.48. The number of halogens is 10. The predicted molar refractivity (Wildman–Crippen MR) is 79.5 cm³/mol. The van der Waals surface area contributed by atoms with Gasteiger partial charge in [0.1, 0.15) is 5.75 Å². The first-order valence-corrected chi connectivity index (χ1v) is 7.48. The minimum absolute atomic E-state index is 0.195. The molecule has 0 aliphatic rings. The molecule has 1 rings (SSSR count). The van der Waals surface area contributed by atoms with E-state index in [1.165, 1.54) is 0 Å². The molecule has 31 heavy (non-hydrogen) atoms. The zero-order valence-electron chi connectivity index (χ0n) is 15.1. The molecule has 0 spiro atoms. The van der Waals surface area contributed by atoms with Gasteiger partial charge >= 0.3 is 36.1 Å². The van der Waals surface area contributed by atoms with Gasteiger partial charge in [-0.25, -0.2) is 4.79 Å². The number of carbonyl (C=O) groups excluding carboxylic acids is 2. The maximum atomic E-state index is 13.4. The summed E-state index contributed by atoms with van der Waals surface area (Å²) in [7, 11) is 1.18. The quantitative estimate of drug-likeness (QED) is 0.487. The Morgan fingerprint density at radius 3 is 1.81 bits per heavy atom. The van der Waals surface area contributed by atoms with Crippen molar-refractivity contribution in [1.82, 2.24) is 0 Å². The molecular weight excluding hydrogens is 464 g/mol. The summed E-state index contributed by atoms with van der Waals surface area (Å²) in [5.74, 6) is -19.5. The number of benzene rings is 1. The van der Waals surface area contributed by atoms with E-state index in [1.807, 2.05) is 0 Å². The van der Waals surface area contributed by atoms with Gasteiger partial charge < -0.3 is 19.9 Å². The van der Waals surface area contributed by atoms with Crippen molar-refractivity contribution < 1.29 is 68.1 Å². The molecule has 0 aliphatic carbocycles. The zero-order chi connectivity index (χ0) is 24.6. The van der Waals surface area contributed by atoms with Crippen molar-refractivity contribution in [3.8, 4) is 5.75 Å². The molecule has 0 saturated heterocycles. The van der Waals surface area contributed by atoms with Crippen LogP contribution in [0.1, 0.15) is 5.56 Å². The number of carbonyl (C=O) groups is 2.